The standard InChI is InChI=1S/C29H47O14P3/c1-23(2)29(30)37-20-21-40-44(31,32)39-19-17-24-11-14-27(15-12-24)41-45(33,34)38-18-7-6-8-25-13-16-28(22-25)43-46(35,36)42-26-9-4-3-5-10-26/h3-5,9-10,24-25,27-28H,1,6-8,11-22H2,2H3,(H,31,32)(H,33,34)(H,35,36). The molecule has 1 aromatic rings. The molecule has 5 unspecified atom stereocenters. The maximum Gasteiger partial charge on any atom is 0.527 e. The lowest BCUT2D eigenvalue weighted by atomic mass is 9.86. The zero-order valence-electron chi connectivity index (χ0n) is 26.2. The first-order valence-electron chi connectivity index (χ1n) is 15.6. The number of phosphoric acid groups is 3. The Kier molecular flexibility index (Phi) is 16.1. The number of unbranched alkanes of at least 4 members (excludes halogenated alkanes) is 1. The Balaban J connectivity index is 1.21. The smallest absolute Gasteiger partial charge is 0.460 e. The van der Waals surface area contributed by atoms with Crippen LogP contribution in [0.5, 0.6) is 5.75 Å². The van der Waals surface area contributed by atoms with E-state index in [0.717, 1.165) is 19.3 Å². The first-order chi connectivity index (χ1) is 21.7. The summed E-state index contributed by atoms with van der Waals surface area (Å²) in [5, 5.41) is 0. The molecule has 2 fully saturated rings. The molecule has 0 spiro atoms. The molecule has 2 aliphatic rings. The van der Waals surface area contributed by atoms with Crippen molar-refractivity contribution in [2.24, 2.45) is 11.8 Å². The van der Waals surface area contributed by atoms with Crippen LogP contribution in [0.1, 0.15) is 77.6 Å². The molecule has 0 radical (unpaired) electrons. The van der Waals surface area contributed by atoms with Gasteiger partial charge >= 0.3 is 29.4 Å². The molecule has 0 heterocycles. The molecular weight excluding hydrogens is 665 g/mol. The predicted molar refractivity (Wildman–Crippen MR) is 168 cm³/mol. The fourth-order valence-corrected chi connectivity index (χ4v) is 8.18. The van der Waals surface area contributed by atoms with Crippen molar-refractivity contribution in [3.63, 3.8) is 0 Å². The van der Waals surface area contributed by atoms with Crippen molar-refractivity contribution in [1.82, 2.24) is 0 Å². The van der Waals surface area contributed by atoms with Gasteiger partial charge in [-0.1, -0.05) is 37.6 Å². The Bertz CT molecular complexity index is 1240. The molecule has 262 valence electrons. The SMILES string of the molecule is C=C(C)C(=O)OCCOP(=O)(O)OCCC1CCC(OP(=O)(O)OCCCCC2CCC(OP(=O)(O)Oc3ccccc3)C2)CC1. The highest BCUT2D eigenvalue weighted by Gasteiger charge is 2.34. The number of para-hydroxylation sites is 1. The van der Waals surface area contributed by atoms with Crippen LogP contribution in [-0.2, 0) is 45.8 Å². The highest BCUT2D eigenvalue weighted by atomic mass is 31.2. The molecule has 5 atom stereocenters. The third-order valence-electron chi connectivity index (χ3n) is 7.78. The molecule has 3 rings (SSSR count). The zero-order chi connectivity index (χ0) is 33.6. The van der Waals surface area contributed by atoms with Crippen LogP contribution in [0, 0.1) is 11.8 Å². The summed E-state index contributed by atoms with van der Waals surface area (Å²) in [7, 11) is -12.7. The third kappa shape index (κ3) is 15.7. The summed E-state index contributed by atoms with van der Waals surface area (Å²) in [6.07, 6.45) is 6.51. The number of hydrogen-bond acceptors (Lipinski definition) is 11. The summed E-state index contributed by atoms with van der Waals surface area (Å²) in [4.78, 5) is 41.3. The largest absolute Gasteiger partial charge is 0.527 e. The normalized spacial score (nSPS) is 25.6. The van der Waals surface area contributed by atoms with Gasteiger partial charge < -0.3 is 19.0 Å². The van der Waals surface area contributed by atoms with Crippen LogP contribution in [-0.4, -0.2) is 59.3 Å². The van der Waals surface area contributed by atoms with Crippen LogP contribution >= 0.6 is 23.5 Å². The molecule has 17 heteroatoms. The molecule has 0 aromatic heterocycles. The van der Waals surface area contributed by atoms with Crippen molar-refractivity contribution in [2.75, 3.05) is 26.4 Å². The first-order valence-corrected chi connectivity index (χ1v) is 20.1. The predicted octanol–water partition coefficient (Wildman–Crippen LogP) is 6.86. The molecule has 2 aliphatic carbocycles. The average molecular weight is 713 g/mol. The molecule has 1 aromatic carbocycles. The number of hydrogen-bond donors (Lipinski definition) is 3. The first kappa shape index (κ1) is 39.0. The molecule has 2 saturated carbocycles. The molecule has 14 nitrogen and oxygen atoms in total. The highest BCUT2D eigenvalue weighted by Crippen LogP contribution is 2.50. The summed E-state index contributed by atoms with van der Waals surface area (Å²) in [5.41, 5.74) is 0.210. The van der Waals surface area contributed by atoms with Crippen molar-refractivity contribution in [3.05, 3.63) is 42.5 Å². The van der Waals surface area contributed by atoms with Crippen molar-refractivity contribution in [3.8, 4) is 5.75 Å². The van der Waals surface area contributed by atoms with Gasteiger partial charge in [0.15, 0.2) is 0 Å². The maximum atomic E-state index is 12.5. The van der Waals surface area contributed by atoms with Crippen LogP contribution < -0.4 is 4.52 Å². The van der Waals surface area contributed by atoms with E-state index in [4.69, 9.17) is 31.9 Å². The van der Waals surface area contributed by atoms with E-state index in [0.29, 0.717) is 57.3 Å². The maximum absolute atomic E-state index is 12.5. The summed E-state index contributed by atoms with van der Waals surface area (Å²) < 4.78 is 72.4. The minimum absolute atomic E-state index is 0.00340. The van der Waals surface area contributed by atoms with Crippen LogP contribution in [0.3, 0.4) is 0 Å². The van der Waals surface area contributed by atoms with E-state index >= 15 is 0 Å². The second-order valence-electron chi connectivity index (χ2n) is 11.7. The van der Waals surface area contributed by atoms with Gasteiger partial charge in [0, 0.05) is 5.57 Å². The fraction of sp³-hybridized carbons (Fsp3) is 0.690. The quantitative estimate of drug-likeness (QED) is 0.0518. The molecule has 0 bridgehead atoms. The van der Waals surface area contributed by atoms with Gasteiger partial charge in [-0.2, -0.15) is 0 Å². The van der Waals surface area contributed by atoms with Crippen molar-refractivity contribution < 1.29 is 65.0 Å². The molecule has 0 amide bonds. The van der Waals surface area contributed by atoms with E-state index < -0.39 is 35.5 Å². The molecule has 0 aliphatic heterocycles. The van der Waals surface area contributed by atoms with Gasteiger partial charge in [0.2, 0.25) is 0 Å². The van der Waals surface area contributed by atoms with Crippen molar-refractivity contribution in [2.45, 2.75) is 89.8 Å². The van der Waals surface area contributed by atoms with Gasteiger partial charge in [0.1, 0.15) is 12.4 Å². The summed E-state index contributed by atoms with van der Waals surface area (Å²) in [6, 6.07) is 8.36. The third-order valence-corrected chi connectivity index (χ3v) is 10.9. The Hall–Kier alpha value is -1.40. The zero-order valence-corrected chi connectivity index (χ0v) is 28.9. The summed E-state index contributed by atoms with van der Waals surface area (Å²) in [6.45, 7) is 4.49. The minimum atomic E-state index is -4.28. The van der Waals surface area contributed by atoms with Crippen LogP contribution in [0.4, 0.5) is 0 Å². The summed E-state index contributed by atoms with van der Waals surface area (Å²) in [5.74, 6) is 0.157. The fourth-order valence-electron chi connectivity index (χ4n) is 5.45. The second-order valence-corrected chi connectivity index (χ2v) is 15.9. The van der Waals surface area contributed by atoms with E-state index in [-0.39, 0.29) is 49.8 Å². The molecule has 46 heavy (non-hydrogen) atoms. The monoisotopic (exact) mass is 712 g/mol. The molecular formula is C29H47O14P3. The van der Waals surface area contributed by atoms with Gasteiger partial charge in [-0.25, -0.2) is 18.5 Å². The van der Waals surface area contributed by atoms with Gasteiger partial charge in [0.25, 0.3) is 0 Å². The van der Waals surface area contributed by atoms with E-state index in [2.05, 4.69) is 6.58 Å². The summed E-state index contributed by atoms with van der Waals surface area (Å²) >= 11 is 0. The molecule has 0 saturated heterocycles. The Morgan fingerprint density at radius 3 is 2.04 bits per heavy atom. The Morgan fingerprint density at radius 1 is 0.739 bits per heavy atom. The topological polar surface area (TPSA) is 194 Å². The Labute approximate surface area is 270 Å². The number of benzene rings is 1. The molecule has 3 N–H and O–H groups in total. The number of esters is 1. The van der Waals surface area contributed by atoms with Crippen molar-refractivity contribution in [1.29, 1.82) is 0 Å². The van der Waals surface area contributed by atoms with Crippen LogP contribution in [0.15, 0.2) is 42.5 Å². The van der Waals surface area contributed by atoms with E-state index in [1.54, 1.807) is 30.3 Å². The minimum Gasteiger partial charge on any atom is -0.460 e. The highest BCUT2D eigenvalue weighted by molar-refractivity contribution is 7.48. The average Bonchev–Trinajstić information content (AvgIpc) is 3.42. The number of rotatable bonds is 21. The van der Waals surface area contributed by atoms with E-state index in [9.17, 15) is 33.2 Å². The van der Waals surface area contributed by atoms with Gasteiger partial charge in [-0.15, -0.1) is 0 Å². The van der Waals surface area contributed by atoms with Crippen LogP contribution in [0.2, 0.25) is 0 Å². The Morgan fingerprint density at radius 2 is 1.35 bits per heavy atom. The van der Waals surface area contributed by atoms with E-state index in [1.807, 2.05) is 0 Å². The van der Waals surface area contributed by atoms with Crippen LogP contribution in [0.25, 0.3) is 0 Å². The number of carbonyl (C=O) groups is 1. The second kappa shape index (κ2) is 19.0. The van der Waals surface area contributed by atoms with Gasteiger partial charge in [0.05, 0.1) is 32.0 Å². The lowest BCUT2D eigenvalue weighted by Gasteiger charge is -2.29. The number of phosphoric ester groups is 3. The lowest BCUT2D eigenvalue weighted by Crippen LogP contribution is -2.22. The van der Waals surface area contributed by atoms with Crippen molar-refractivity contribution >= 4 is 29.4 Å². The van der Waals surface area contributed by atoms with Gasteiger partial charge in [-0.05, 0) is 88.7 Å². The van der Waals surface area contributed by atoms with Gasteiger partial charge in [-0.3, -0.25) is 27.5 Å². The number of carbonyl (C=O) groups excluding carboxylic acids is 1. The number of ether oxygens (including phenoxy) is 1. The lowest BCUT2D eigenvalue weighted by molar-refractivity contribution is -0.139. The van der Waals surface area contributed by atoms with E-state index in [1.165, 1.54) is 6.92 Å².